The van der Waals surface area contributed by atoms with Gasteiger partial charge < -0.3 is 28.4 Å². The van der Waals surface area contributed by atoms with Gasteiger partial charge in [-0.3, -0.25) is 0 Å². The van der Waals surface area contributed by atoms with Gasteiger partial charge in [0.1, 0.15) is 42.6 Å². The van der Waals surface area contributed by atoms with Crippen molar-refractivity contribution in [1.82, 2.24) is 54.3 Å². The van der Waals surface area contributed by atoms with Crippen LogP contribution in [0.1, 0.15) is 58.2 Å². The molecule has 0 aliphatic heterocycles. The van der Waals surface area contributed by atoms with E-state index in [1.54, 1.807) is 85.2 Å². The lowest BCUT2D eigenvalue weighted by Gasteiger charge is -2.07. The zero-order valence-electron chi connectivity index (χ0n) is 42.7. The second-order valence-electron chi connectivity index (χ2n) is 16.6. The number of methoxy groups -OCH3 is 2. The number of esters is 2. The first-order chi connectivity index (χ1) is 35.4. The zero-order valence-corrected chi connectivity index (χ0v) is 42.7. The molecule has 3 aromatic carbocycles. The molecule has 0 unspecified atom stereocenters. The highest BCUT2D eigenvalue weighted by Gasteiger charge is 2.15. The average Bonchev–Trinajstić information content (AvgIpc) is 4.15. The van der Waals surface area contributed by atoms with Gasteiger partial charge in [-0.2, -0.15) is 9.65 Å². The van der Waals surface area contributed by atoms with Gasteiger partial charge in [-0.05, 0) is 134 Å². The molecule has 0 saturated carbocycles. The summed E-state index contributed by atoms with van der Waals surface area (Å²) in [4.78, 5) is 47.1. The molecule has 7 rings (SSSR count). The highest BCUT2D eigenvalue weighted by atomic mass is 19.1. The van der Waals surface area contributed by atoms with Crippen LogP contribution in [0.3, 0.4) is 0 Å². The van der Waals surface area contributed by atoms with Gasteiger partial charge in [-0.1, -0.05) is 0 Å². The van der Waals surface area contributed by atoms with Gasteiger partial charge in [0.25, 0.3) is 0 Å². The van der Waals surface area contributed by atoms with Gasteiger partial charge in [-0.15, -0.1) is 20.3 Å². The van der Waals surface area contributed by atoms with E-state index in [9.17, 15) is 14.0 Å². The third-order valence-corrected chi connectivity index (χ3v) is 9.08. The summed E-state index contributed by atoms with van der Waals surface area (Å²) in [7, 11) is 3.20. The Balaban J connectivity index is 0.000000206. The number of nitriles is 1. The van der Waals surface area contributed by atoms with Crippen molar-refractivity contribution in [3.8, 4) is 63.4 Å². The molecule has 0 fully saturated rings. The Hall–Kier alpha value is -9.39. The van der Waals surface area contributed by atoms with E-state index in [1.807, 2.05) is 83.1 Å². The Kier molecular flexibility index (Phi) is 20.5. The minimum atomic E-state index is -1.04. The topological polar surface area (TPSA) is 244 Å². The normalized spacial score (nSPS) is 11.5. The monoisotopic (exact) mass is 1010 g/mol. The summed E-state index contributed by atoms with van der Waals surface area (Å²) in [6, 6.07) is 17.0. The van der Waals surface area contributed by atoms with Crippen LogP contribution in [0.15, 0.2) is 115 Å². The average molecular weight is 1010 g/mol. The Bertz CT molecular complexity index is 3150. The van der Waals surface area contributed by atoms with Crippen LogP contribution in [0.2, 0.25) is 0 Å². The number of carbonyl (C=O) groups is 2. The van der Waals surface area contributed by atoms with Gasteiger partial charge in [0, 0.05) is 41.2 Å². The molecule has 4 heterocycles. The van der Waals surface area contributed by atoms with Crippen LogP contribution in [-0.2, 0) is 23.8 Å². The number of carbonyl (C=O) groups excluding carboxylic acids is 2. The number of aryl methyl sites for hydroxylation is 3. The molecule has 0 aliphatic rings. The predicted octanol–water partition coefficient (Wildman–Crippen LogP) is 9.28. The molecule has 384 valence electrons. The summed E-state index contributed by atoms with van der Waals surface area (Å²) in [6.07, 6.45) is 17.0. The SMILES string of the molecule is COc1cc(C)cc(-c2ncn(/C=C(/F)C(=O)OC(C)C)n2)c1.COc1cc(C)cc(-c2ncn(/C=C\C(=NC#N)OC(C)C)n2)c1.Cc1cc(Oc2cncnc2)cc(-c2ncn(/C=C\C(=O)OC(C)C)n2)c1. The molecule has 0 radical (unpaired) electrons. The molecule has 74 heavy (non-hydrogen) atoms. The lowest BCUT2D eigenvalue weighted by molar-refractivity contribution is -0.144. The molecule has 0 bridgehead atoms. The molecule has 0 spiro atoms. The van der Waals surface area contributed by atoms with Crippen LogP contribution >= 0.6 is 0 Å². The number of halogens is 1. The standard InChI is InChI=1S/C19H19N5O3.C17H19N5O2.C16H18FN3O3/c1-13(2)26-18(25)4-5-24-12-22-19(23-24)15-6-14(3)7-16(8-15)27-17-9-20-11-21-10-17;1-12(2)24-16(19-10-18)5-6-22-11-20-17(21-22)14-7-13(3)8-15(9-14)23-4;1-10(2)23-16(21)14(17)8-20-9-18-15(19-20)12-5-11(3)6-13(7-12)22-4/h4-13H,1-3H3;5-9,11-12H,1-4H3;5-10H,1-4H3/b5-4-;6-5-,19-16?;14-8+. The summed E-state index contributed by atoms with van der Waals surface area (Å²) in [5.41, 5.74) is 5.43. The molecular weight excluding hydrogens is 954 g/mol. The number of benzene rings is 3. The molecule has 22 heteroatoms. The third-order valence-electron chi connectivity index (χ3n) is 9.08. The molecule has 21 nitrogen and oxygen atoms in total. The number of hydrogen-bond acceptors (Lipinski definition) is 18. The summed E-state index contributed by atoms with van der Waals surface area (Å²) in [5, 5.41) is 21.5. The van der Waals surface area contributed by atoms with Crippen LogP contribution in [0.5, 0.6) is 23.0 Å². The van der Waals surface area contributed by atoms with Gasteiger partial charge in [-0.25, -0.2) is 48.6 Å². The number of hydrogen-bond donors (Lipinski definition) is 0. The Morgan fingerprint density at radius 1 is 0.608 bits per heavy atom. The first-order valence-corrected chi connectivity index (χ1v) is 22.8. The van der Waals surface area contributed by atoms with E-state index < -0.39 is 23.9 Å². The molecule has 0 atom stereocenters. The van der Waals surface area contributed by atoms with Crippen molar-refractivity contribution < 1.29 is 42.4 Å². The van der Waals surface area contributed by atoms with Crippen molar-refractivity contribution in [3.05, 3.63) is 127 Å². The highest BCUT2D eigenvalue weighted by molar-refractivity contribution is 5.91. The summed E-state index contributed by atoms with van der Waals surface area (Å²) in [6.45, 7) is 16.4. The molecular formula is C52H56FN13O8. The maximum atomic E-state index is 13.7. The van der Waals surface area contributed by atoms with Gasteiger partial charge >= 0.3 is 11.9 Å². The third kappa shape index (κ3) is 18.1. The van der Waals surface area contributed by atoms with E-state index in [4.69, 9.17) is 33.7 Å². The zero-order chi connectivity index (χ0) is 53.7. The molecule has 4 aromatic heterocycles. The lowest BCUT2D eigenvalue weighted by atomic mass is 10.1. The van der Waals surface area contributed by atoms with E-state index in [2.05, 4.69) is 45.2 Å². The van der Waals surface area contributed by atoms with Crippen LogP contribution < -0.4 is 14.2 Å². The van der Waals surface area contributed by atoms with E-state index in [0.29, 0.717) is 34.7 Å². The quantitative estimate of drug-likeness (QED) is 0.0288. The number of rotatable bonds is 16. The largest absolute Gasteiger partial charge is 0.497 e. The number of nitrogens with zero attached hydrogens (tertiary/aromatic N) is 13. The van der Waals surface area contributed by atoms with Crippen molar-refractivity contribution in [2.24, 2.45) is 4.99 Å². The fourth-order valence-electron chi connectivity index (χ4n) is 6.21. The summed E-state index contributed by atoms with van der Waals surface area (Å²) < 4.78 is 49.3. The Labute approximate surface area is 427 Å². The number of aromatic nitrogens is 11. The molecule has 7 aromatic rings. The lowest BCUT2D eigenvalue weighted by Crippen LogP contribution is -2.12. The highest BCUT2D eigenvalue weighted by Crippen LogP contribution is 2.28. The number of aliphatic imine (C=N–C) groups is 1. The molecule has 0 N–H and O–H groups in total. The smallest absolute Gasteiger partial charge is 0.369 e. The van der Waals surface area contributed by atoms with E-state index in [0.717, 1.165) is 50.0 Å². The van der Waals surface area contributed by atoms with Crippen molar-refractivity contribution in [2.75, 3.05) is 14.2 Å². The second-order valence-corrected chi connectivity index (χ2v) is 16.6. The fourth-order valence-corrected chi connectivity index (χ4v) is 6.21. The Morgan fingerprint density at radius 3 is 1.53 bits per heavy atom. The van der Waals surface area contributed by atoms with Crippen molar-refractivity contribution >= 4 is 36.4 Å². The van der Waals surface area contributed by atoms with Crippen molar-refractivity contribution in [1.29, 1.82) is 5.26 Å². The number of ether oxygens (including phenoxy) is 6. The van der Waals surface area contributed by atoms with Crippen molar-refractivity contribution in [3.63, 3.8) is 0 Å². The first kappa shape index (κ1) is 55.5. The van der Waals surface area contributed by atoms with Gasteiger partial charge in [0.15, 0.2) is 23.2 Å². The second kappa shape index (κ2) is 27.3. The first-order valence-electron chi connectivity index (χ1n) is 22.8. The molecule has 0 saturated heterocycles. The summed E-state index contributed by atoms with van der Waals surface area (Å²) in [5.74, 6) is 1.80. The van der Waals surface area contributed by atoms with E-state index in [-0.39, 0.29) is 18.1 Å². The van der Waals surface area contributed by atoms with Crippen molar-refractivity contribution in [2.45, 2.75) is 80.6 Å². The van der Waals surface area contributed by atoms with Gasteiger partial charge in [0.2, 0.25) is 17.9 Å². The minimum Gasteiger partial charge on any atom is -0.497 e. The Morgan fingerprint density at radius 2 is 1.05 bits per heavy atom. The minimum absolute atomic E-state index is 0.0761. The maximum absolute atomic E-state index is 13.7. The van der Waals surface area contributed by atoms with E-state index in [1.165, 1.54) is 40.6 Å². The van der Waals surface area contributed by atoms with Crippen LogP contribution in [0, 0.1) is 32.2 Å². The van der Waals surface area contributed by atoms with E-state index >= 15 is 0 Å². The molecule has 0 amide bonds. The van der Waals surface area contributed by atoms with Crippen LogP contribution in [0.25, 0.3) is 52.8 Å². The molecule has 0 aliphatic carbocycles. The van der Waals surface area contributed by atoms with Gasteiger partial charge in [0.05, 0.1) is 51.1 Å². The maximum Gasteiger partial charge on any atom is 0.369 e. The predicted molar refractivity (Wildman–Crippen MR) is 274 cm³/mol. The summed E-state index contributed by atoms with van der Waals surface area (Å²) >= 11 is 0. The van der Waals surface area contributed by atoms with Crippen LogP contribution in [-0.4, -0.2) is 105 Å². The van der Waals surface area contributed by atoms with Crippen LogP contribution in [0.4, 0.5) is 4.39 Å². The fraction of sp³-hybridized carbons (Fsp3) is 0.269.